The zero-order valence-electron chi connectivity index (χ0n) is 15.7. The molecule has 1 fully saturated rings. The Bertz CT molecular complexity index is 738. The quantitative estimate of drug-likeness (QED) is 0.772. The van der Waals surface area contributed by atoms with Crippen molar-refractivity contribution in [3.63, 3.8) is 0 Å². The van der Waals surface area contributed by atoms with E-state index in [0.717, 1.165) is 17.7 Å². The molecule has 0 bridgehead atoms. The Hall–Kier alpha value is -2.39. The normalized spacial score (nSPS) is 19.7. The highest BCUT2D eigenvalue weighted by atomic mass is 15.2. The van der Waals surface area contributed by atoms with Crippen LogP contribution in [0.25, 0.3) is 12.2 Å². The number of anilines is 1. The molecule has 0 saturated heterocycles. The van der Waals surface area contributed by atoms with Crippen LogP contribution in [-0.4, -0.2) is 24.1 Å². The average molecular weight is 348 g/mol. The highest BCUT2D eigenvalue weighted by molar-refractivity contribution is 5.68. The summed E-state index contributed by atoms with van der Waals surface area (Å²) in [4.78, 5) is 6.65. The van der Waals surface area contributed by atoms with Gasteiger partial charge in [-0.2, -0.15) is 0 Å². The van der Waals surface area contributed by atoms with Crippen LogP contribution in [0.15, 0.2) is 55.9 Å². The Kier molecular flexibility index (Phi) is 6.24. The third-order valence-corrected chi connectivity index (χ3v) is 5.44. The third kappa shape index (κ3) is 4.23. The van der Waals surface area contributed by atoms with Gasteiger partial charge in [0.2, 0.25) is 0 Å². The summed E-state index contributed by atoms with van der Waals surface area (Å²) < 4.78 is 0. The molecule has 0 amide bonds. The molecule has 1 aliphatic rings. The second-order valence-electron chi connectivity index (χ2n) is 7.03. The number of nitrogens with zero attached hydrogens (tertiary/aromatic N) is 2. The molecule has 136 valence electrons. The van der Waals surface area contributed by atoms with Crippen molar-refractivity contribution in [1.29, 1.82) is 0 Å². The van der Waals surface area contributed by atoms with Gasteiger partial charge in [0.05, 0.1) is 0 Å². The molecular formula is C23H29N3. The summed E-state index contributed by atoms with van der Waals surface area (Å²) >= 11 is 0. The van der Waals surface area contributed by atoms with Crippen molar-refractivity contribution >= 4 is 17.8 Å². The molecule has 1 N–H and O–H groups in total. The first-order chi connectivity index (χ1) is 12.7. The fourth-order valence-electron chi connectivity index (χ4n) is 3.90. The Morgan fingerprint density at radius 1 is 1.15 bits per heavy atom. The van der Waals surface area contributed by atoms with E-state index in [1.54, 1.807) is 0 Å². The second kappa shape index (κ2) is 8.81. The maximum atomic E-state index is 4.22. The maximum absolute atomic E-state index is 4.22. The zero-order chi connectivity index (χ0) is 18.4. The number of hydrogen-bond acceptors (Lipinski definition) is 3. The maximum Gasteiger partial charge on any atom is 0.0440 e. The van der Waals surface area contributed by atoms with Crippen molar-refractivity contribution in [1.82, 2.24) is 10.3 Å². The summed E-state index contributed by atoms with van der Waals surface area (Å²) in [6, 6.07) is 11.7. The van der Waals surface area contributed by atoms with Gasteiger partial charge in [-0.15, -0.1) is 0 Å². The zero-order valence-corrected chi connectivity index (χ0v) is 15.7. The van der Waals surface area contributed by atoms with E-state index in [2.05, 4.69) is 59.7 Å². The molecule has 0 aliphatic heterocycles. The molecule has 1 heterocycles. The Morgan fingerprint density at radius 2 is 1.96 bits per heavy atom. The molecule has 0 radical (unpaired) electrons. The molecule has 2 atom stereocenters. The van der Waals surface area contributed by atoms with Crippen LogP contribution in [0.1, 0.15) is 42.4 Å². The molecular weight excluding hydrogens is 318 g/mol. The van der Waals surface area contributed by atoms with Crippen molar-refractivity contribution in [2.45, 2.75) is 44.3 Å². The van der Waals surface area contributed by atoms with Gasteiger partial charge in [0.1, 0.15) is 0 Å². The van der Waals surface area contributed by atoms with Gasteiger partial charge in [-0.1, -0.05) is 50.3 Å². The molecule has 1 aromatic heterocycles. The lowest BCUT2D eigenvalue weighted by atomic mass is 9.88. The summed E-state index contributed by atoms with van der Waals surface area (Å²) in [5.41, 5.74) is 4.75. The van der Waals surface area contributed by atoms with Gasteiger partial charge in [0.15, 0.2) is 0 Å². The fraction of sp³-hybridized carbons (Fsp3) is 0.348. The highest BCUT2D eigenvalue weighted by Crippen LogP contribution is 2.29. The first-order valence-corrected chi connectivity index (χ1v) is 9.47. The molecule has 3 rings (SSSR count). The molecule has 3 heteroatoms. The molecule has 1 aromatic carbocycles. The number of hydrogen-bond donors (Lipinski definition) is 1. The SMILES string of the molecule is C=Cc1ccc(N(C)C2CCCCC2NCc2cccnc2)cc1C=C. The number of aromatic nitrogens is 1. The molecule has 26 heavy (non-hydrogen) atoms. The number of nitrogens with one attached hydrogen (secondary N) is 1. The summed E-state index contributed by atoms with van der Waals surface area (Å²) in [7, 11) is 2.21. The van der Waals surface area contributed by atoms with Crippen LogP contribution in [0.2, 0.25) is 0 Å². The van der Waals surface area contributed by atoms with Crippen molar-refractivity contribution in [2.75, 3.05) is 11.9 Å². The third-order valence-electron chi connectivity index (χ3n) is 5.44. The van der Waals surface area contributed by atoms with Crippen LogP contribution in [0.4, 0.5) is 5.69 Å². The Morgan fingerprint density at radius 3 is 2.69 bits per heavy atom. The van der Waals surface area contributed by atoms with Crippen LogP contribution < -0.4 is 10.2 Å². The van der Waals surface area contributed by atoms with Crippen molar-refractivity contribution in [3.05, 3.63) is 72.6 Å². The summed E-state index contributed by atoms with van der Waals surface area (Å²) in [5.74, 6) is 0. The van der Waals surface area contributed by atoms with Crippen molar-refractivity contribution in [3.8, 4) is 0 Å². The van der Waals surface area contributed by atoms with E-state index in [1.807, 2.05) is 30.6 Å². The first-order valence-electron chi connectivity index (χ1n) is 9.47. The van der Waals surface area contributed by atoms with E-state index in [4.69, 9.17) is 0 Å². The van der Waals surface area contributed by atoms with Gasteiger partial charge in [-0.05, 0) is 47.7 Å². The van der Waals surface area contributed by atoms with E-state index in [0.29, 0.717) is 12.1 Å². The number of likely N-dealkylation sites (N-methyl/N-ethyl adjacent to an activating group) is 1. The van der Waals surface area contributed by atoms with Gasteiger partial charge >= 0.3 is 0 Å². The van der Waals surface area contributed by atoms with E-state index in [9.17, 15) is 0 Å². The van der Waals surface area contributed by atoms with Crippen LogP contribution >= 0.6 is 0 Å². The number of benzene rings is 1. The van der Waals surface area contributed by atoms with E-state index in [-0.39, 0.29) is 0 Å². The van der Waals surface area contributed by atoms with E-state index < -0.39 is 0 Å². The lowest BCUT2D eigenvalue weighted by Gasteiger charge is -2.40. The average Bonchev–Trinajstić information content (AvgIpc) is 2.72. The van der Waals surface area contributed by atoms with Crippen LogP contribution in [0.3, 0.4) is 0 Å². The topological polar surface area (TPSA) is 28.2 Å². The second-order valence-corrected chi connectivity index (χ2v) is 7.03. The van der Waals surface area contributed by atoms with Crippen LogP contribution in [0, 0.1) is 0 Å². The predicted molar refractivity (Wildman–Crippen MR) is 112 cm³/mol. The minimum atomic E-state index is 0.486. The van der Waals surface area contributed by atoms with E-state index in [1.165, 1.54) is 36.9 Å². The lowest BCUT2D eigenvalue weighted by molar-refractivity contribution is 0.318. The van der Waals surface area contributed by atoms with Gasteiger partial charge in [0.25, 0.3) is 0 Å². The summed E-state index contributed by atoms with van der Waals surface area (Å²) in [6.45, 7) is 8.71. The summed E-state index contributed by atoms with van der Waals surface area (Å²) in [6.07, 6.45) is 12.6. The highest BCUT2D eigenvalue weighted by Gasteiger charge is 2.28. The molecule has 1 aliphatic carbocycles. The van der Waals surface area contributed by atoms with Crippen LogP contribution in [0.5, 0.6) is 0 Å². The van der Waals surface area contributed by atoms with Crippen LogP contribution in [-0.2, 0) is 6.54 Å². The molecule has 2 aromatic rings. The summed E-state index contributed by atoms with van der Waals surface area (Å²) in [5, 5.41) is 3.77. The fourth-order valence-corrected chi connectivity index (χ4v) is 3.90. The smallest absolute Gasteiger partial charge is 0.0440 e. The van der Waals surface area contributed by atoms with Crippen molar-refractivity contribution in [2.24, 2.45) is 0 Å². The molecule has 2 unspecified atom stereocenters. The number of pyridine rings is 1. The monoisotopic (exact) mass is 347 g/mol. The van der Waals surface area contributed by atoms with Gasteiger partial charge in [-0.3, -0.25) is 4.98 Å². The van der Waals surface area contributed by atoms with E-state index >= 15 is 0 Å². The Balaban J connectivity index is 1.74. The predicted octanol–water partition coefficient (Wildman–Crippen LogP) is 4.90. The van der Waals surface area contributed by atoms with Gasteiger partial charge in [-0.25, -0.2) is 0 Å². The minimum absolute atomic E-state index is 0.486. The van der Waals surface area contributed by atoms with Crippen molar-refractivity contribution < 1.29 is 0 Å². The minimum Gasteiger partial charge on any atom is -0.370 e. The van der Waals surface area contributed by atoms with Gasteiger partial charge < -0.3 is 10.2 Å². The first kappa shape index (κ1) is 18.4. The Labute approximate surface area is 157 Å². The lowest BCUT2D eigenvalue weighted by Crippen LogP contribution is -2.50. The van der Waals surface area contributed by atoms with Gasteiger partial charge in [0, 0.05) is 43.8 Å². The molecule has 1 saturated carbocycles. The molecule has 3 nitrogen and oxygen atoms in total. The standard InChI is InChI=1S/C23H29N3/c1-4-19-12-13-21(15-20(19)5-2)26(3)23-11-7-6-10-22(23)25-17-18-9-8-14-24-16-18/h4-5,8-9,12-16,22-23,25H,1-2,6-7,10-11,17H2,3H3. The largest absolute Gasteiger partial charge is 0.370 e. The molecule has 0 spiro atoms. The number of rotatable bonds is 7.